The topological polar surface area (TPSA) is 78.1 Å². The maximum absolute atomic E-state index is 11.9. The maximum Gasteiger partial charge on any atom is 0.269 e. The number of amides is 1. The number of piperidine rings is 1. The number of nitrogens with zero attached hydrogens (tertiary/aromatic N) is 2. The Kier molecular flexibility index (Phi) is 4.68. The second-order valence-electron chi connectivity index (χ2n) is 4.80. The number of aromatic amines is 1. The number of hydrogen-bond donors (Lipinski definition) is 2. The first kappa shape index (κ1) is 13.7. The number of nitrogens with one attached hydrogen (secondary N) is 2. The van der Waals surface area contributed by atoms with Gasteiger partial charge in [0.2, 0.25) is 0 Å². The molecule has 0 spiro atoms. The Morgan fingerprint density at radius 2 is 2.37 bits per heavy atom. The van der Waals surface area contributed by atoms with Gasteiger partial charge in [-0.1, -0.05) is 13.3 Å². The number of carbonyl (C=O) groups is 1. The summed E-state index contributed by atoms with van der Waals surface area (Å²) in [4.78, 5) is 31.6. The molecule has 1 fully saturated rings. The Bertz CT molecular complexity index is 486. The van der Waals surface area contributed by atoms with E-state index in [9.17, 15) is 9.59 Å². The van der Waals surface area contributed by atoms with Gasteiger partial charge in [-0.3, -0.25) is 19.5 Å². The SMILES string of the molecule is CCN1CCCCC1CNC(=O)c1cncc(=O)[nH]1. The van der Waals surface area contributed by atoms with Gasteiger partial charge in [0.25, 0.3) is 11.5 Å². The van der Waals surface area contributed by atoms with Gasteiger partial charge in [-0.2, -0.15) is 0 Å². The highest BCUT2D eigenvalue weighted by Crippen LogP contribution is 2.15. The lowest BCUT2D eigenvalue weighted by Crippen LogP contribution is -2.46. The molecular weight excluding hydrogens is 244 g/mol. The van der Waals surface area contributed by atoms with E-state index in [1.807, 2.05) is 0 Å². The van der Waals surface area contributed by atoms with Crippen molar-refractivity contribution in [2.24, 2.45) is 0 Å². The van der Waals surface area contributed by atoms with Gasteiger partial charge in [0, 0.05) is 12.6 Å². The predicted molar refractivity (Wildman–Crippen MR) is 72.1 cm³/mol. The molecule has 2 heterocycles. The van der Waals surface area contributed by atoms with E-state index in [4.69, 9.17) is 0 Å². The molecule has 1 aliphatic rings. The van der Waals surface area contributed by atoms with Gasteiger partial charge in [0.05, 0.1) is 12.4 Å². The van der Waals surface area contributed by atoms with E-state index in [1.165, 1.54) is 19.0 Å². The Labute approximate surface area is 112 Å². The maximum atomic E-state index is 11.9. The predicted octanol–water partition coefficient (Wildman–Crippen LogP) is 0.374. The third-order valence-electron chi connectivity index (χ3n) is 3.55. The zero-order valence-electron chi connectivity index (χ0n) is 11.2. The largest absolute Gasteiger partial charge is 0.349 e. The zero-order chi connectivity index (χ0) is 13.7. The Balaban J connectivity index is 1.91. The summed E-state index contributed by atoms with van der Waals surface area (Å²) in [6.45, 7) is 4.85. The number of aromatic nitrogens is 2. The van der Waals surface area contributed by atoms with Crippen molar-refractivity contribution in [3.8, 4) is 0 Å². The minimum absolute atomic E-state index is 0.214. The number of hydrogen-bond acceptors (Lipinski definition) is 4. The van der Waals surface area contributed by atoms with E-state index >= 15 is 0 Å². The van der Waals surface area contributed by atoms with E-state index in [-0.39, 0.29) is 17.2 Å². The lowest BCUT2D eigenvalue weighted by atomic mass is 10.0. The van der Waals surface area contributed by atoms with Crippen molar-refractivity contribution in [2.75, 3.05) is 19.6 Å². The van der Waals surface area contributed by atoms with Crippen molar-refractivity contribution in [2.45, 2.75) is 32.2 Å². The molecule has 0 aromatic carbocycles. The fourth-order valence-corrected chi connectivity index (χ4v) is 2.51. The van der Waals surface area contributed by atoms with Gasteiger partial charge in [0.15, 0.2) is 0 Å². The summed E-state index contributed by atoms with van der Waals surface area (Å²) >= 11 is 0. The standard InChI is InChI=1S/C13H20N4O2/c1-2-17-6-4-3-5-10(17)7-15-13(19)11-8-14-9-12(18)16-11/h8-10H,2-7H2,1H3,(H,15,19)(H,16,18). The zero-order valence-corrected chi connectivity index (χ0v) is 11.2. The Hall–Kier alpha value is -1.69. The smallest absolute Gasteiger partial charge is 0.269 e. The fraction of sp³-hybridized carbons (Fsp3) is 0.615. The number of likely N-dealkylation sites (N-methyl/N-ethyl adjacent to an activating group) is 1. The summed E-state index contributed by atoms with van der Waals surface area (Å²) in [5, 5.41) is 2.87. The quantitative estimate of drug-likeness (QED) is 0.824. The first-order valence-electron chi connectivity index (χ1n) is 6.77. The van der Waals surface area contributed by atoms with Gasteiger partial charge in [-0.05, 0) is 25.9 Å². The molecule has 0 radical (unpaired) electrons. The number of H-pyrrole nitrogens is 1. The summed E-state index contributed by atoms with van der Waals surface area (Å²) in [6.07, 6.45) is 6.07. The average molecular weight is 264 g/mol. The van der Waals surface area contributed by atoms with Gasteiger partial charge >= 0.3 is 0 Å². The minimum Gasteiger partial charge on any atom is -0.349 e. The van der Waals surface area contributed by atoms with E-state index < -0.39 is 0 Å². The first-order valence-corrected chi connectivity index (χ1v) is 6.77. The van der Waals surface area contributed by atoms with Crippen LogP contribution in [-0.4, -0.2) is 46.5 Å². The normalized spacial score (nSPS) is 20.2. The lowest BCUT2D eigenvalue weighted by molar-refractivity contribution is 0.0912. The molecule has 1 aliphatic heterocycles. The van der Waals surface area contributed by atoms with Crippen LogP contribution in [0.1, 0.15) is 36.7 Å². The highest BCUT2D eigenvalue weighted by atomic mass is 16.2. The van der Waals surface area contributed by atoms with E-state index in [0.29, 0.717) is 12.6 Å². The summed E-state index contributed by atoms with van der Waals surface area (Å²) in [5.41, 5.74) is -0.146. The summed E-state index contributed by atoms with van der Waals surface area (Å²) in [6, 6.07) is 0.395. The summed E-state index contributed by atoms with van der Waals surface area (Å²) in [5.74, 6) is -0.271. The van der Waals surface area contributed by atoms with Crippen LogP contribution in [0.15, 0.2) is 17.2 Å². The van der Waals surface area contributed by atoms with Crippen LogP contribution in [0.3, 0.4) is 0 Å². The second kappa shape index (κ2) is 6.47. The molecule has 6 nitrogen and oxygen atoms in total. The number of carbonyl (C=O) groups excluding carboxylic acids is 1. The fourth-order valence-electron chi connectivity index (χ4n) is 2.51. The molecule has 1 aromatic heterocycles. The molecule has 0 saturated carbocycles. The summed E-state index contributed by atoms with van der Waals surface area (Å²) in [7, 11) is 0. The van der Waals surface area contributed by atoms with E-state index in [2.05, 4.69) is 27.1 Å². The van der Waals surface area contributed by atoms with Crippen LogP contribution in [0.5, 0.6) is 0 Å². The van der Waals surface area contributed by atoms with Crippen molar-refractivity contribution in [3.05, 3.63) is 28.4 Å². The molecule has 104 valence electrons. The van der Waals surface area contributed by atoms with Gasteiger partial charge in [-0.15, -0.1) is 0 Å². The van der Waals surface area contributed by atoms with Crippen molar-refractivity contribution >= 4 is 5.91 Å². The molecule has 0 aliphatic carbocycles. The third-order valence-corrected chi connectivity index (χ3v) is 3.55. The van der Waals surface area contributed by atoms with Gasteiger partial charge in [-0.25, -0.2) is 0 Å². The second-order valence-corrected chi connectivity index (χ2v) is 4.80. The Morgan fingerprint density at radius 3 is 3.11 bits per heavy atom. The number of rotatable bonds is 4. The van der Waals surface area contributed by atoms with Crippen LogP contribution in [0.25, 0.3) is 0 Å². The van der Waals surface area contributed by atoms with E-state index in [1.54, 1.807) is 0 Å². The number of likely N-dealkylation sites (tertiary alicyclic amines) is 1. The molecule has 1 amide bonds. The molecule has 2 rings (SSSR count). The first-order chi connectivity index (χ1) is 9.20. The van der Waals surface area contributed by atoms with Crippen LogP contribution in [0.4, 0.5) is 0 Å². The van der Waals surface area contributed by atoms with Crippen LogP contribution in [0, 0.1) is 0 Å². The molecule has 1 unspecified atom stereocenters. The minimum atomic E-state index is -0.361. The monoisotopic (exact) mass is 264 g/mol. The highest BCUT2D eigenvalue weighted by molar-refractivity contribution is 5.91. The van der Waals surface area contributed by atoms with Crippen LogP contribution < -0.4 is 10.9 Å². The van der Waals surface area contributed by atoms with Crippen LogP contribution >= 0.6 is 0 Å². The van der Waals surface area contributed by atoms with Gasteiger partial charge in [0.1, 0.15) is 5.69 Å². The van der Waals surface area contributed by atoms with Crippen molar-refractivity contribution in [1.29, 1.82) is 0 Å². The molecular formula is C13H20N4O2. The molecule has 2 N–H and O–H groups in total. The molecule has 1 aromatic rings. The molecule has 0 bridgehead atoms. The lowest BCUT2D eigenvalue weighted by Gasteiger charge is -2.34. The molecule has 6 heteroatoms. The van der Waals surface area contributed by atoms with Crippen LogP contribution in [0.2, 0.25) is 0 Å². The summed E-state index contributed by atoms with van der Waals surface area (Å²) < 4.78 is 0. The van der Waals surface area contributed by atoms with Crippen molar-refractivity contribution < 1.29 is 4.79 Å². The molecule has 1 saturated heterocycles. The van der Waals surface area contributed by atoms with E-state index in [0.717, 1.165) is 25.7 Å². The Morgan fingerprint density at radius 1 is 1.53 bits per heavy atom. The molecule has 19 heavy (non-hydrogen) atoms. The van der Waals surface area contributed by atoms with Gasteiger partial charge < -0.3 is 10.3 Å². The third kappa shape index (κ3) is 3.64. The highest BCUT2D eigenvalue weighted by Gasteiger charge is 2.21. The average Bonchev–Trinajstić information content (AvgIpc) is 2.45. The molecule has 1 atom stereocenters. The van der Waals surface area contributed by atoms with Crippen LogP contribution in [-0.2, 0) is 0 Å². The van der Waals surface area contributed by atoms with Crippen molar-refractivity contribution in [3.63, 3.8) is 0 Å². The van der Waals surface area contributed by atoms with Crippen molar-refractivity contribution in [1.82, 2.24) is 20.2 Å².